The average Bonchev–Trinajstić information content (AvgIpc) is 2.74. The van der Waals surface area contributed by atoms with Gasteiger partial charge in [-0.05, 0) is 54.1 Å². The third kappa shape index (κ3) is 4.05. The van der Waals surface area contributed by atoms with Crippen LogP contribution in [0.5, 0.6) is 5.75 Å². The van der Waals surface area contributed by atoms with Gasteiger partial charge in [0.1, 0.15) is 10.6 Å². The molecule has 0 spiro atoms. The van der Waals surface area contributed by atoms with Crippen molar-refractivity contribution in [2.75, 3.05) is 7.11 Å². The molecule has 0 atom stereocenters. The van der Waals surface area contributed by atoms with E-state index in [4.69, 9.17) is 16.3 Å². The number of ether oxygens (including phenoxy) is 1. The van der Waals surface area contributed by atoms with Crippen LogP contribution in [0.1, 0.15) is 11.1 Å². The lowest BCUT2D eigenvalue weighted by atomic mass is 10.2. The summed E-state index contributed by atoms with van der Waals surface area (Å²) >= 11 is 7.56. The van der Waals surface area contributed by atoms with Gasteiger partial charge in [-0.2, -0.15) is 0 Å². The minimum Gasteiger partial charge on any atom is -0.497 e. The van der Waals surface area contributed by atoms with Crippen LogP contribution in [0.2, 0.25) is 5.02 Å². The molecule has 1 heterocycles. The molecule has 8 heteroatoms. The van der Waals surface area contributed by atoms with Crippen molar-refractivity contribution in [1.82, 2.24) is 4.31 Å². The lowest BCUT2D eigenvalue weighted by molar-refractivity contribution is 0.415. The van der Waals surface area contributed by atoms with Gasteiger partial charge >= 0.3 is 0 Å². The molecule has 0 radical (unpaired) electrons. The molecule has 3 aromatic carbocycles. The summed E-state index contributed by atoms with van der Waals surface area (Å²) in [7, 11) is -2.24. The smallest absolute Gasteiger partial charge is 0.267 e. The highest BCUT2D eigenvalue weighted by Crippen LogP contribution is 2.41. The summed E-state index contributed by atoms with van der Waals surface area (Å²) in [6.45, 7) is 1.98. The number of aliphatic imine (C=N–C) groups is 1. The van der Waals surface area contributed by atoms with Crippen LogP contribution < -0.4 is 4.74 Å². The summed E-state index contributed by atoms with van der Waals surface area (Å²) < 4.78 is 33.7. The van der Waals surface area contributed by atoms with Gasteiger partial charge in [0, 0.05) is 16.0 Å². The average molecular weight is 459 g/mol. The molecule has 0 saturated carbocycles. The maximum absolute atomic E-state index is 13.6. The van der Waals surface area contributed by atoms with E-state index in [1.165, 1.54) is 16.1 Å². The molecule has 0 fully saturated rings. The van der Waals surface area contributed by atoms with E-state index in [-0.39, 0.29) is 11.4 Å². The Morgan fingerprint density at radius 3 is 2.57 bits per heavy atom. The molecule has 0 amide bonds. The monoisotopic (exact) mass is 458 g/mol. The maximum atomic E-state index is 13.6. The third-order valence-electron chi connectivity index (χ3n) is 4.65. The van der Waals surface area contributed by atoms with E-state index in [0.29, 0.717) is 32.1 Å². The first kappa shape index (κ1) is 20.8. The van der Waals surface area contributed by atoms with E-state index < -0.39 is 10.0 Å². The Labute approximate surface area is 185 Å². The molecule has 0 aliphatic carbocycles. The molecule has 1 aliphatic rings. The number of aryl methyl sites for hydroxylation is 1. The molecular weight excluding hydrogens is 440 g/mol. The molecule has 0 aromatic heterocycles. The molecule has 30 heavy (non-hydrogen) atoms. The van der Waals surface area contributed by atoms with Crippen LogP contribution >= 0.6 is 23.4 Å². The quantitative estimate of drug-likeness (QED) is 0.507. The van der Waals surface area contributed by atoms with Crippen LogP contribution in [-0.4, -0.2) is 25.0 Å². The van der Waals surface area contributed by atoms with Gasteiger partial charge in [-0.1, -0.05) is 48.0 Å². The van der Waals surface area contributed by atoms with Gasteiger partial charge in [0.25, 0.3) is 10.0 Å². The second-order valence-electron chi connectivity index (χ2n) is 6.74. The first-order valence-corrected chi connectivity index (χ1v) is 11.8. The highest BCUT2D eigenvalue weighted by Gasteiger charge is 2.36. The van der Waals surface area contributed by atoms with Crippen molar-refractivity contribution >= 4 is 44.2 Å². The third-order valence-corrected chi connectivity index (χ3v) is 8.13. The summed E-state index contributed by atoms with van der Waals surface area (Å²) in [5, 5.41) is 0.883. The van der Waals surface area contributed by atoms with Gasteiger partial charge in [-0.15, -0.1) is 0 Å². The van der Waals surface area contributed by atoms with Crippen LogP contribution in [0, 0.1) is 6.92 Å². The molecular formula is C22H19ClN2O3S2. The van der Waals surface area contributed by atoms with E-state index in [0.717, 1.165) is 5.56 Å². The van der Waals surface area contributed by atoms with Gasteiger partial charge in [0.05, 0.1) is 19.3 Å². The van der Waals surface area contributed by atoms with Crippen LogP contribution in [0.15, 0.2) is 81.5 Å². The first-order valence-electron chi connectivity index (χ1n) is 9.16. The lowest BCUT2D eigenvalue weighted by Gasteiger charge is -2.31. The van der Waals surface area contributed by atoms with Crippen molar-refractivity contribution in [3.05, 3.63) is 82.9 Å². The second kappa shape index (κ2) is 8.34. The Hall–Kier alpha value is -2.48. The fraction of sp³-hybridized carbons (Fsp3) is 0.136. The van der Waals surface area contributed by atoms with Crippen molar-refractivity contribution in [3.8, 4) is 5.75 Å². The normalized spacial score (nSPS) is 16.4. The SMILES string of the molecule is COc1cccc(N=C2Sc3cc(Cl)c(C)cc3S(=O)(=O)N2Cc2ccccc2)c1. The summed E-state index contributed by atoms with van der Waals surface area (Å²) in [6, 6.07) is 20.0. The van der Waals surface area contributed by atoms with E-state index in [9.17, 15) is 8.42 Å². The summed E-state index contributed by atoms with van der Waals surface area (Å²) in [6.07, 6.45) is 0. The van der Waals surface area contributed by atoms with Crippen LogP contribution in [0.4, 0.5) is 5.69 Å². The van der Waals surface area contributed by atoms with Crippen LogP contribution in [-0.2, 0) is 16.6 Å². The predicted octanol–water partition coefficient (Wildman–Crippen LogP) is 5.64. The molecule has 1 aliphatic heterocycles. The summed E-state index contributed by atoms with van der Waals surface area (Å²) in [5.74, 6) is 0.647. The van der Waals surface area contributed by atoms with Crippen molar-refractivity contribution in [2.24, 2.45) is 4.99 Å². The summed E-state index contributed by atoms with van der Waals surface area (Å²) in [5.41, 5.74) is 2.19. The molecule has 3 aromatic rings. The number of amidine groups is 1. The minimum atomic E-state index is -3.81. The molecule has 154 valence electrons. The topological polar surface area (TPSA) is 59.0 Å². The molecule has 5 nitrogen and oxygen atoms in total. The van der Waals surface area contributed by atoms with Gasteiger partial charge in [0.15, 0.2) is 5.17 Å². The van der Waals surface area contributed by atoms with Crippen molar-refractivity contribution in [1.29, 1.82) is 0 Å². The highest BCUT2D eigenvalue weighted by atomic mass is 35.5. The van der Waals surface area contributed by atoms with Gasteiger partial charge in [-0.3, -0.25) is 0 Å². The molecule has 0 unspecified atom stereocenters. The largest absolute Gasteiger partial charge is 0.497 e. The number of halogens is 1. The Morgan fingerprint density at radius 1 is 1.07 bits per heavy atom. The Kier molecular flexibility index (Phi) is 5.77. The molecule has 4 rings (SSSR count). The number of methoxy groups -OCH3 is 1. The van der Waals surface area contributed by atoms with Crippen molar-refractivity contribution in [3.63, 3.8) is 0 Å². The van der Waals surface area contributed by atoms with Gasteiger partial charge in [0.2, 0.25) is 0 Å². The van der Waals surface area contributed by atoms with Gasteiger partial charge in [-0.25, -0.2) is 17.7 Å². The van der Waals surface area contributed by atoms with E-state index in [1.54, 1.807) is 38.3 Å². The van der Waals surface area contributed by atoms with E-state index >= 15 is 0 Å². The number of nitrogens with zero attached hydrogens (tertiary/aromatic N) is 2. The zero-order valence-corrected chi connectivity index (χ0v) is 18.8. The van der Waals surface area contributed by atoms with E-state index in [2.05, 4.69) is 4.99 Å². The standard InChI is InChI=1S/C22H19ClN2O3S2/c1-15-11-21-20(13-19(15)23)29-22(24-17-9-6-10-18(12-17)28-2)25(30(21,26)27)14-16-7-4-3-5-8-16/h3-13H,14H2,1-2H3. The number of fused-ring (bicyclic) bond motifs is 1. The Morgan fingerprint density at radius 2 is 1.83 bits per heavy atom. The van der Waals surface area contributed by atoms with Crippen LogP contribution in [0.3, 0.4) is 0 Å². The molecule has 0 N–H and O–H groups in total. The number of hydrogen-bond acceptors (Lipinski definition) is 5. The highest BCUT2D eigenvalue weighted by molar-refractivity contribution is 8.16. The van der Waals surface area contributed by atoms with Crippen molar-refractivity contribution < 1.29 is 13.2 Å². The lowest BCUT2D eigenvalue weighted by Crippen LogP contribution is -2.37. The van der Waals surface area contributed by atoms with Crippen molar-refractivity contribution in [2.45, 2.75) is 23.3 Å². The number of benzene rings is 3. The molecule has 0 saturated heterocycles. The maximum Gasteiger partial charge on any atom is 0.267 e. The van der Waals surface area contributed by atoms with Gasteiger partial charge < -0.3 is 4.74 Å². The Balaban J connectivity index is 1.86. The first-order chi connectivity index (χ1) is 14.4. The number of thioether (sulfide) groups is 1. The number of hydrogen-bond donors (Lipinski definition) is 0. The zero-order valence-electron chi connectivity index (χ0n) is 16.4. The fourth-order valence-electron chi connectivity index (χ4n) is 3.06. The van der Waals surface area contributed by atoms with Crippen LogP contribution in [0.25, 0.3) is 0 Å². The Bertz CT molecular complexity index is 1230. The summed E-state index contributed by atoms with van der Waals surface area (Å²) in [4.78, 5) is 5.47. The second-order valence-corrected chi connectivity index (χ2v) is 9.99. The number of sulfonamides is 1. The number of rotatable bonds is 4. The predicted molar refractivity (Wildman–Crippen MR) is 121 cm³/mol. The minimum absolute atomic E-state index is 0.181. The molecule has 0 bridgehead atoms. The van der Waals surface area contributed by atoms with E-state index in [1.807, 2.05) is 42.5 Å². The fourth-order valence-corrected chi connectivity index (χ4v) is 6.43. The zero-order chi connectivity index (χ0) is 21.3.